The number of carbonyl (C=O) groups excluding carboxylic acids is 1. The molecule has 1 atom stereocenters. The fraction of sp³-hybridized carbons (Fsp3) is 0.500. The zero-order valence-corrected chi connectivity index (χ0v) is 13.8. The zero-order chi connectivity index (χ0) is 16.2. The van der Waals surface area contributed by atoms with E-state index in [0.717, 1.165) is 18.4 Å². The maximum atomic E-state index is 12.5. The number of aromatic nitrogens is 4. The highest BCUT2D eigenvalue weighted by Crippen LogP contribution is 2.20. The summed E-state index contributed by atoms with van der Waals surface area (Å²) < 4.78 is 0. The molecule has 1 aromatic heterocycles. The molecule has 0 bridgehead atoms. The third kappa shape index (κ3) is 3.69. The van der Waals surface area contributed by atoms with E-state index < -0.39 is 6.04 Å². The summed E-state index contributed by atoms with van der Waals surface area (Å²) in [5, 5.41) is 16.2. The van der Waals surface area contributed by atoms with Crippen molar-refractivity contribution in [1.29, 1.82) is 0 Å². The van der Waals surface area contributed by atoms with Gasteiger partial charge in [-0.2, -0.15) is 4.80 Å². The highest BCUT2D eigenvalue weighted by atomic mass is 35.5. The topological polar surface area (TPSA) is 72.7 Å². The van der Waals surface area contributed by atoms with Gasteiger partial charge >= 0.3 is 0 Å². The Bertz CT molecular complexity index is 663. The molecule has 1 unspecified atom stereocenters. The Kier molecular flexibility index (Phi) is 4.91. The second-order valence-corrected chi connectivity index (χ2v) is 6.29. The minimum Gasteiger partial charge on any atom is -0.351 e. The van der Waals surface area contributed by atoms with Crippen molar-refractivity contribution in [3.63, 3.8) is 0 Å². The molecule has 1 saturated carbocycles. The molecule has 0 saturated heterocycles. The van der Waals surface area contributed by atoms with E-state index in [-0.39, 0.29) is 11.9 Å². The Balaban J connectivity index is 1.73. The van der Waals surface area contributed by atoms with Gasteiger partial charge in [0.2, 0.25) is 11.7 Å². The number of tetrazole rings is 1. The first-order valence-electron chi connectivity index (χ1n) is 8.03. The van der Waals surface area contributed by atoms with Gasteiger partial charge in [-0.05, 0) is 48.7 Å². The molecule has 1 N–H and O–H groups in total. The lowest BCUT2D eigenvalue weighted by molar-refractivity contribution is -0.125. The van der Waals surface area contributed by atoms with Gasteiger partial charge in [0, 0.05) is 16.6 Å². The third-order valence-electron chi connectivity index (χ3n) is 4.20. The van der Waals surface area contributed by atoms with Crippen LogP contribution in [0.1, 0.15) is 45.1 Å². The molecule has 6 nitrogen and oxygen atoms in total. The second kappa shape index (κ2) is 7.08. The van der Waals surface area contributed by atoms with Crippen molar-refractivity contribution in [2.24, 2.45) is 0 Å². The Hall–Kier alpha value is -1.95. The summed E-state index contributed by atoms with van der Waals surface area (Å²) in [6.07, 6.45) is 5.11. The molecule has 1 aliphatic carbocycles. The van der Waals surface area contributed by atoms with Crippen LogP contribution in [0.5, 0.6) is 0 Å². The van der Waals surface area contributed by atoms with Crippen molar-refractivity contribution >= 4 is 17.5 Å². The standard InChI is InChI=1S/C16H20ClN5O/c1-2-14(16(23)18-13-5-3-4-6-13)22-20-15(19-21-22)11-7-9-12(17)10-8-11/h7-10,13-14H,2-6H2,1H3,(H,18,23). The van der Waals surface area contributed by atoms with Crippen molar-refractivity contribution in [2.45, 2.75) is 51.1 Å². The molecule has 0 aliphatic heterocycles. The smallest absolute Gasteiger partial charge is 0.247 e. The molecular formula is C16H20ClN5O. The van der Waals surface area contributed by atoms with Gasteiger partial charge in [-0.15, -0.1) is 10.2 Å². The van der Waals surface area contributed by atoms with Gasteiger partial charge in [-0.25, -0.2) is 0 Å². The van der Waals surface area contributed by atoms with Crippen LogP contribution in [-0.4, -0.2) is 32.2 Å². The maximum absolute atomic E-state index is 12.5. The summed E-state index contributed by atoms with van der Waals surface area (Å²) >= 11 is 5.89. The van der Waals surface area contributed by atoms with Crippen LogP contribution >= 0.6 is 11.6 Å². The van der Waals surface area contributed by atoms with Gasteiger partial charge in [0.05, 0.1) is 0 Å². The number of hydrogen-bond acceptors (Lipinski definition) is 4. The molecule has 1 aromatic carbocycles. The number of carbonyl (C=O) groups is 1. The van der Waals surface area contributed by atoms with Gasteiger partial charge in [-0.3, -0.25) is 4.79 Å². The van der Waals surface area contributed by atoms with Crippen LogP contribution in [0.2, 0.25) is 5.02 Å². The molecular weight excluding hydrogens is 314 g/mol. The zero-order valence-electron chi connectivity index (χ0n) is 13.1. The van der Waals surface area contributed by atoms with E-state index in [1.807, 2.05) is 19.1 Å². The van der Waals surface area contributed by atoms with Crippen molar-refractivity contribution < 1.29 is 4.79 Å². The Morgan fingerprint density at radius 3 is 2.70 bits per heavy atom. The van der Waals surface area contributed by atoms with Gasteiger partial charge in [0.25, 0.3) is 0 Å². The predicted octanol–water partition coefficient (Wildman–Crippen LogP) is 3.00. The average molecular weight is 334 g/mol. The monoisotopic (exact) mass is 333 g/mol. The first-order valence-corrected chi connectivity index (χ1v) is 8.41. The number of halogens is 1. The van der Waals surface area contributed by atoms with Crippen LogP contribution in [0.4, 0.5) is 0 Å². The van der Waals surface area contributed by atoms with Crippen LogP contribution in [-0.2, 0) is 4.79 Å². The van der Waals surface area contributed by atoms with Gasteiger partial charge in [0.1, 0.15) is 0 Å². The van der Waals surface area contributed by atoms with Gasteiger partial charge in [-0.1, -0.05) is 31.4 Å². The van der Waals surface area contributed by atoms with Crippen molar-refractivity contribution in [3.05, 3.63) is 29.3 Å². The number of nitrogens with zero attached hydrogens (tertiary/aromatic N) is 4. The van der Waals surface area contributed by atoms with E-state index in [4.69, 9.17) is 11.6 Å². The van der Waals surface area contributed by atoms with Crippen molar-refractivity contribution in [1.82, 2.24) is 25.5 Å². The fourth-order valence-electron chi connectivity index (χ4n) is 2.89. The first kappa shape index (κ1) is 15.9. The molecule has 2 aromatic rings. The Morgan fingerprint density at radius 2 is 2.04 bits per heavy atom. The maximum Gasteiger partial charge on any atom is 0.247 e. The van der Waals surface area contributed by atoms with Crippen LogP contribution in [0, 0.1) is 0 Å². The molecule has 7 heteroatoms. The number of amides is 1. The minimum atomic E-state index is -0.427. The van der Waals surface area contributed by atoms with E-state index in [0.29, 0.717) is 17.3 Å². The molecule has 1 amide bonds. The van der Waals surface area contributed by atoms with Crippen molar-refractivity contribution in [3.8, 4) is 11.4 Å². The number of benzene rings is 1. The van der Waals surface area contributed by atoms with Crippen LogP contribution in [0.15, 0.2) is 24.3 Å². The van der Waals surface area contributed by atoms with Crippen molar-refractivity contribution in [2.75, 3.05) is 0 Å². The van der Waals surface area contributed by atoms with Crippen LogP contribution < -0.4 is 5.32 Å². The first-order chi connectivity index (χ1) is 11.2. The Morgan fingerprint density at radius 1 is 1.35 bits per heavy atom. The summed E-state index contributed by atoms with van der Waals surface area (Å²) in [4.78, 5) is 13.9. The molecule has 0 spiro atoms. The largest absolute Gasteiger partial charge is 0.351 e. The van der Waals surface area contributed by atoms with E-state index in [9.17, 15) is 4.79 Å². The minimum absolute atomic E-state index is 0.0283. The SMILES string of the molecule is CCC(C(=O)NC1CCCC1)n1nnc(-c2ccc(Cl)cc2)n1. The normalized spacial score (nSPS) is 16.4. The lowest BCUT2D eigenvalue weighted by atomic mass is 10.2. The van der Waals surface area contributed by atoms with Gasteiger partial charge in [0.15, 0.2) is 6.04 Å². The summed E-state index contributed by atoms with van der Waals surface area (Å²) in [5.41, 5.74) is 0.826. The lowest BCUT2D eigenvalue weighted by Gasteiger charge is -2.17. The van der Waals surface area contributed by atoms with Crippen LogP contribution in [0.25, 0.3) is 11.4 Å². The van der Waals surface area contributed by atoms with E-state index >= 15 is 0 Å². The fourth-order valence-corrected chi connectivity index (χ4v) is 3.02. The van der Waals surface area contributed by atoms with Crippen LogP contribution in [0.3, 0.4) is 0 Å². The van der Waals surface area contributed by atoms with Gasteiger partial charge < -0.3 is 5.32 Å². The molecule has 1 fully saturated rings. The molecule has 23 heavy (non-hydrogen) atoms. The highest BCUT2D eigenvalue weighted by molar-refractivity contribution is 6.30. The molecule has 1 aliphatic rings. The second-order valence-electron chi connectivity index (χ2n) is 5.85. The van der Waals surface area contributed by atoms with E-state index in [2.05, 4.69) is 20.7 Å². The van der Waals surface area contributed by atoms with E-state index in [1.165, 1.54) is 17.6 Å². The number of hydrogen-bond donors (Lipinski definition) is 1. The predicted molar refractivity (Wildman–Crippen MR) is 88.0 cm³/mol. The molecule has 122 valence electrons. The van der Waals surface area contributed by atoms with E-state index in [1.54, 1.807) is 12.1 Å². The summed E-state index contributed by atoms with van der Waals surface area (Å²) in [7, 11) is 0. The molecule has 1 heterocycles. The quantitative estimate of drug-likeness (QED) is 0.912. The summed E-state index contributed by atoms with van der Waals surface area (Å²) in [6, 6.07) is 7.09. The highest BCUT2D eigenvalue weighted by Gasteiger charge is 2.25. The lowest BCUT2D eigenvalue weighted by Crippen LogP contribution is -2.39. The number of nitrogens with one attached hydrogen (secondary N) is 1. The summed E-state index contributed by atoms with van der Waals surface area (Å²) in [6.45, 7) is 1.95. The summed E-state index contributed by atoms with van der Waals surface area (Å²) in [5.74, 6) is 0.466. The third-order valence-corrected chi connectivity index (χ3v) is 4.45. The average Bonchev–Trinajstić information content (AvgIpc) is 3.21. The Labute approximate surface area is 140 Å². The molecule has 3 rings (SSSR count). The number of rotatable bonds is 5. The molecule has 0 radical (unpaired) electrons.